The lowest BCUT2D eigenvalue weighted by Gasteiger charge is -2.33. The van der Waals surface area contributed by atoms with Gasteiger partial charge in [0.25, 0.3) is 0 Å². The average molecular weight is 833 g/mol. The Morgan fingerprint density at radius 1 is 0.820 bits per heavy atom. The predicted octanol–water partition coefficient (Wildman–Crippen LogP) is 7.92. The second kappa shape index (κ2) is 16.7. The van der Waals surface area contributed by atoms with Gasteiger partial charge in [-0.05, 0) is 97.7 Å². The zero-order chi connectivity index (χ0) is 43.3. The van der Waals surface area contributed by atoms with Crippen LogP contribution in [0.1, 0.15) is 103 Å². The van der Waals surface area contributed by atoms with Crippen LogP contribution in [-0.2, 0) is 25.7 Å². The van der Waals surface area contributed by atoms with E-state index in [1.807, 2.05) is 63.6 Å². The van der Waals surface area contributed by atoms with Crippen molar-refractivity contribution in [3.63, 3.8) is 0 Å². The molecule has 2 aromatic heterocycles. The van der Waals surface area contributed by atoms with Crippen LogP contribution in [-0.4, -0.2) is 92.1 Å². The molecule has 322 valence electrons. The van der Waals surface area contributed by atoms with Crippen LogP contribution in [0.3, 0.4) is 0 Å². The number of benzene rings is 3. The highest BCUT2D eigenvalue weighted by Gasteiger charge is 2.43. The van der Waals surface area contributed by atoms with Crippen LogP contribution in [0.15, 0.2) is 48.7 Å². The maximum Gasteiger partial charge on any atom is 0.407 e. The molecule has 3 aliphatic rings. The number of nitrogens with zero attached hydrogens (tertiary/aromatic N) is 4. The van der Waals surface area contributed by atoms with Crippen molar-refractivity contribution in [1.29, 1.82) is 0 Å². The van der Waals surface area contributed by atoms with E-state index in [1.165, 1.54) is 14.2 Å². The molecule has 0 spiro atoms. The molecule has 3 aromatic carbocycles. The van der Waals surface area contributed by atoms with E-state index in [-0.39, 0.29) is 47.8 Å². The van der Waals surface area contributed by atoms with Crippen molar-refractivity contribution in [2.24, 2.45) is 11.8 Å². The molecule has 8 rings (SSSR count). The molecule has 15 nitrogen and oxygen atoms in total. The van der Waals surface area contributed by atoms with Gasteiger partial charge in [0.15, 0.2) is 0 Å². The van der Waals surface area contributed by atoms with Crippen LogP contribution >= 0.6 is 0 Å². The third-order valence-corrected chi connectivity index (χ3v) is 13.1. The Bertz CT molecular complexity index is 2490. The van der Waals surface area contributed by atoms with Gasteiger partial charge >= 0.3 is 12.2 Å². The SMILES string of the molecule is CC[C@H](C)[C@H](NC(=O)OC)C(=O)N1[C@@H](C)CC[C@H]1c1nc2c(ccc3cc4c(cc32)OCc2cc(-c3cnc([C@@H]5CC[C@H](C)N5C(=O)[C@@H](NC(=O)OC)C(C)C)[nH]3)ccc2-4)[nH]1. The number of carbonyl (C=O) groups is 4. The molecule has 15 heteroatoms. The Morgan fingerprint density at radius 2 is 1.48 bits per heavy atom. The molecule has 61 heavy (non-hydrogen) atoms. The highest BCUT2D eigenvalue weighted by molar-refractivity contribution is 6.07. The van der Waals surface area contributed by atoms with E-state index in [0.29, 0.717) is 12.4 Å². The summed E-state index contributed by atoms with van der Waals surface area (Å²) in [6, 6.07) is 12.7. The standard InChI is InChI=1S/C46H56N8O7/c1-9-24(4)39(52-46(58)60-8)44(56)54-26(6)11-17-36(54)42-48-33-15-13-27-19-32-30-14-12-28(18-29(30)22-61-37(32)20-31(27)40(33)50-42)34-21-47-41(49-34)35-16-10-25(5)53(35)43(55)38(23(2)3)51-45(57)59-7/h12-15,18-21,23-26,35-36,38-39H,9-11,16-17,22H2,1-8H3,(H,47,49)(H,48,50)(H,51,57)(H,52,58)/t24-,25-,26-,35-,36-,38-,39-/m0/s1. The van der Waals surface area contributed by atoms with Crippen molar-refractivity contribution in [1.82, 2.24) is 40.4 Å². The number of H-pyrrole nitrogens is 2. The summed E-state index contributed by atoms with van der Waals surface area (Å²) in [4.78, 5) is 73.0. The third-order valence-electron chi connectivity index (χ3n) is 13.1. The molecule has 0 saturated carbocycles. The van der Waals surface area contributed by atoms with Gasteiger partial charge < -0.3 is 44.6 Å². The molecule has 3 aliphatic heterocycles. The van der Waals surface area contributed by atoms with Crippen LogP contribution in [0, 0.1) is 11.8 Å². The zero-order valence-corrected chi connectivity index (χ0v) is 36.1. The second-order valence-electron chi connectivity index (χ2n) is 17.2. The Morgan fingerprint density at radius 3 is 2.13 bits per heavy atom. The summed E-state index contributed by atoms with van der Waals surface area (Å²) in [7, 11) is 2.60. The number of hydrogen-bond acceptors (Lipinski definition) is 9. The average Bonchev–Trinajstić information content (AvgIpc) is 4.08. The minimum atomic E-state index is -0.718. The van der Waals surface area contributed by atoms with Gasteiger partial charge in [0, 0.05) is 23.0 Å². The molecule has 5 aromatic rings. The topological polar surface area (TPSA) is 184 Å². The Hall–Kier alpha value is -6.12. The van der Waals surface area contributed by atoms with E-state index in [1.54, 1.807) is 0 Å². The van der Waals surface area contributed by atoms with Gasteiger partial charge in [-0.1, -0.05) is 52.3 Å². The van der Waals surface area contributed by atoms with Crippen molar-refractivity contribution in [2.75, 3.05) is 14.2 Å². The van der Waals surface area contributed by atoms with Gasteiger partial charge in [0.1, 0.15) is 36.1 Å². The molecule has 0 aliphatic carbocycles. The first kappa shape index (κ1) is 41.6. The van der Waals surface area contributed by atoms with Crippen LogP contribution in [0.25, 0.3) is 44.2 Å². The lowest BCUT2D eigenvalue weighted by atomic mass is 9.92. The number of fused-ring (bicyclic) bond motifs is 6. The minimum Gasteiger partial charge on any atom is -0.488 e. The largest absolute Gasteiger partial charge is 0.488 e. The molecule has 2 fully saturated rings. The Labute approximate surface area is 355 Å². The summed E-state index contributed by atoms with van der Waals surface area (Å²) in [5.41, 5.74) is 6.59. The fourth-order valence-corrected chi connectivity index (χ4v) is 9.42. The Balaban J connectivity index is 1.05. The summed E-state index contributed by atoms with van der Waals surface area (Å²) in [5.74, 6) is 1.70. The number of likely N-dealkylation sites (tertiary alicyclic amines) is 2. The van der Waals surface area contributed by atoms with Crippen LogP contribution in [0.4, 0.5) is 9.59 Å². The number of nitrogens with one attached hydrogen (secondary N) is 4. The highest BCUT2D eigenvalue weighted by Crippen LogP contribution is 2.44. The number of rotatable bonds is 10. The van der Waals surface area contributed by atoms with Crippen molar-refractivity contribution in [3.05, 3.63) is 65.9 Å². The van der Waals surface area contributed by atoms with E-state index >= 15 is 0 Å². The van der Waals surface area contributed by atoms with E-state index in [9.17, 15) is 19.2 Å². The Kier molecular flexibility index (Phi) is 11.4. The third kappa shape index (κ3) is 7.63. The number of aromatic nitrogens is 4. The maximum absolute atomic E-state index is 14.1. The maximum atomic E-state index is 14.1. The van der Waals surface area contributed by atoms with Crippen molar-refractivity contribution < 1.29 is 33.4 Å². The summed E-state index contributed by atoms with van der Waals surface area (Å²) in [6.45, 7) is 12.2. The molecule has 0 bridgehead atoms. The summed E-state index contributed by atoms with van der Waals surface area (Å²) in [5, 5.41) is 7.48. The van der Waals surface area contributed by atoms with E-state index < -0.39 is 24.3 Å². The second-order valence-corrected chi connectivity index (χ2v) is 17.2. The number of ether oxygens (including phenoxy) is 3. The molecule has 0 radical (unpaired) electrons. The summed E-state index contributed by atoms with van der Waals surface area (Å²) >= 11 is 0. The summed E-state index contributed by atoms with van der Waals surface area (Å²) in [6.07, 6.45) is 4.42. The predicted molar refractivity (Wildman–Crippen MR) is 230 cm³/mol. The van der Waals surface area contributed by atoms with Crippen molar-refractivity contribution in [2.45, 2.75) is 117 Å². The first-order valence-electron chi connectivity index (χ1n) is 21.4. The zero-order valence-electron chi connectivity index (χ0n) is 36.1. The van der Waals surface area contributed by atoms with Gasteiger partial charge in [-0.2, -0.15) is 0 Å². The van der Waals surface area contributed by atoms with Crippen molar-refractivity contribution in [3.8, 4) is 28.1 Å². The lowest BCUT2D eigenvalue weighted by Crippen LogP contribution is -2.53. The number of imidazole rings is 2. The first-order valence-corrected chi connectivity index (χ1v) is 21.4. The van der Waals surface area contributed by atoms with E-state index in [0.717, 1.165) is 93.4 Å². The minimum absolute atomic E-state index is 0.0160. The molecule has 4 amide bonds. The van der Waals surface area contributed by atoms with Gasteiger partial charge in [0.2, 0.25) is 11.8 Å². The van der Waals surface area contributed by atoms with Gasteiger partial charge in [-0.15, -0.1) is 0 Å². The molecule has 0 unspecified atom stereocenters. The number of aromatic amines is 2. The lowest BCUT2D eigenvalue weighted by molar-refractivity contribution is -0.138. The number of carbonyl (C=O) groups excluding carboxylic acids is 4. The normalized spacial score (nSPS) is 21.1. The fourth-order valence-electron chi connectivity index (χ4n) is 9.42. The molecule has 5 heterocycles. The smallest absolute Gasteiger partial charge is 0.407 e. The van der Waals surface area contributed by atoms with Crippen molar-refractivity contribution >= 4 is 45.8 Å². The van der Waals surface area contributed by atoms with Crippen LogP contribution in [0.2, 0.25) is 0 Å². The van der Waals surface area contributed by atoms with E-state index in [4.69, 9.17) is 24.2 Å². The molecular formula is C46H56N8O7. The highest BCUT2D eigenvalue weighted by atomic mass is 16.5. The van der Waals surface area contributed by atoms with Crippen LogP contribution < -0.4 is 15.4 Å². The number of methoxy groups -OCH3 is 2. The first-order chi connectivity index (χ1) is 29.3. The molecule has 2 saturated heterocycles. The van der Waals surface area contributed by atoms with E-state index in [2.05, 4.69) is 57.0 Å². The van der Waals surface area contributed by atoms with Gasteiger partial charge in [0.05, 0.1) is 49.2 Å². The number of amides is 4. The molecule has 4 N–H and O–H groups in total. The van der Waals surface area contributed by atoms with Gasteiger partial charge in [-0.25, -0.2) is 19.6 Å². The fraction of sp³-hybridized carbons (Fsp3) is 0.478. The number of alkyl carbamates (subject to hydrolysis) is 2. The quantitative estimate of drug-likeness (QED) is 0.109. The van der Waals surface area contributed by atoms with Gasteiger partial charge in [-0.3, -0.25) is 9.59 Å². The van der Waals surface area contributed by atoms with Crippen LogP contribution in [0.5, 0.6) is 5.75 Å². The summed E-state index contributed by atoms with van der Waals surface area (Å²) < 4.78 is 16.1. The molecular weight excluding hydrogens is 777 g/mol. The number of hydrogen-bond donors (Lipinski definition) is 4. The monoisotopic (exact) mass is 832 g/mol. The molecule has 7 atom stereocenters.